The summed E-state index contributed by atoms with van der Waals surface area (Å²) in [5.74, 6) is 0.202. The molecular formula is C11H22N2O2. The van der Waals surface area contributed by atoms with Crippen LogP contribution in [0.3, 0.4) is 0 Å². The Morgan fingerprint density at radius 3 is 2.87 bits per heavy atom. The van der Waals surface area contributed by atoms with Crippen molar-refractivity contribution in [2.45, 2.75) is 31.7 Å². The van der Waals surface area contributed by atoms with Gasteiger partial charge in [0, 0.05) is 32.2 Å². The van der Waals surface area contributed by atoms with E-state index in [0.717, 1.165) is 25.9 Å². The van der Waals surface area contributed by atoms with E-state index >= 15 is 0 Å². The maximum absolute atomic E-state index is 11.8. The zero-order chi connectivity index (χ0) is 11.3. The lowest BCUT2D eigenvalue weighted by molar-refractivity contribution is -0.132. The summed E-state index contributed by atoms with van der Waals surface area (Å²) in [6.45, 7) is 1.95. The van der Waals surface area contributed by atoms with E-state index in [2.05, 4.69) is 4.90 Å². The quantitative estimate of drug-likeness (QED) is 0.716. The van der Waals surface area contributed by atoms with Crippen molar-refractivity contribution in [2.75, 3.05) is 33.8 Å². The third-order valence-corrected chi connectivity index (χ3v) is 2.82. The zero-order valence-electron chi connectivity index (χ0n) is 9.78. The Morgan fingerprint density at radius 2 is 2.27 bits per heavy atom. The van der Waals surface area contributed by atoms with Gasteiger partial charge in [-0.25, -0.2) is 0 Å². The van der Waals surface area contributed by atoms with Crippen molar-refractivity contribution < 1.29 is 9.90 Å². The number of carbonyl (C=O) groups excluding carboxylic acids is 1. The number of hydrogen-bond donors (Lipinski definition) is 1. The average molecular weight is 214 g/mol. The number of nitrogens with zero attached hydrogens (tertiary/aromatic N) is 2. The van der Waals surface area contributed by atoms with Crippen LogP contribution in [0.4, 0.5) is 0 Å². The molecule has 1 heterocycles. The number of likely N-dealkylation sites (N-methyl/N-ethyl adjacent to an activating group) is 1. The molecule has 1 amide bonds. The number of likely N-dealkylation sites (tertiary alicyclic amines) is 1. The second-order valence-corrected chi connectivity index (χ2v) is 4.47. The van der Waals surface area contributed by atoms with Gasteiger partial charge in [-0.05, 0) is 33.4 Å². The maximum atomic E-state index is 11.8. The fraction of sp³-hybridized carbons (Fsp3) is 0.909. The molecule has 1 N–H and O–H groups in total. The molecule has 1 aliphatic rings. The molecule has 1 unspecified atom stereocenters. The summed E-state index contributed by atoms with van der Waals surface area (Å²) in [6.07, 6.45) is 3.30. The van der Waals surface area contributed by atoms with Gasteiger partial charge >= 0.3 is 0 Å². The van der Waals surface area contributed by atoms with Crippen molar-refractivity contribution >= 4 is 5.91 Å². The summed E-state index contributed by atoms with van der Waals surface area (Å²) < 4.78 is 0. The van der Waals surface area contributed by atoms with Gasteiger partial charge in [-0.15, -0.1) is 0 Å². The first-order valence-electron chi connectivity index (χ1n) is 5.70. The lowest BCUT2D eigenvalue weighted by Crippen LogP contribution is -2.41. The number of carbonyl (C=O) groups is 1. The Bertz CT molecular complexity index is 207. The Balaban J connectivity index is 2.41. The SMILES string of the molecule is CN(C)CC1CCCN1C(=O)CCCO. The first-order chi connectivity index (χ1) is 7.15. The van der Waals surface area contributed by atoms with Gasteiger partial charge < -0.3 is 14.9 Å². The van der Waals surface area contributed by atoms with E-state index in [1.807, 2.05) is 19.0 Å². The predicted molar refractivity (Wildman–Crippen MR) is 59.6 cm³/mol. The summed E-state index contributed by atoms with van der Waals surface area (Å²) in [4.78, 5) is 15.9. The molecule has 1 rings (SSSR count). The van der Waals surface area contributed by atoms with E-state index in [4.69, 9.17) is 5.11 Å². The topological polar surface area (TPSA) is 43.8 Å². The lowest BCUT2D eigenvalue weighted by Gasteiger charge is -2.27. The van der Waals surface area contributed by atoms with Crippen LogP contribution in [0.25, 0.3) is 0 Å². The minimum Gasteiger partial charge on any atom is -0.396 e. The molecule has 1 aliphatic heterocycles. The smallest absolute Gasteiger partial charge is 0.222 e. The molecule has 4 heteroatoms. The number of rotatable bonds is 5. The molecule has 0 aromatic rings. The van der Waals surface area contributed by atoms with Crippen LogP contribution in [-0.4, -0.2) is 60.6 Å². The second kappa shape index (κ2) is 6.08. The molecular weight excluding hydrogens is 192 g/mol. The van der Waals surface area contributed by atoms with Crippen LogP contribution in [0.5, 0.6) is 0 Å². The molecule has 0 radical (unpaired) electrons. The predicted octanol–water partition coefficient (Wildman–Crippen LogP) is 0.311. The third-order valence-electron chi connectivity index (χ3n) is 2.82. The lowest BCUT2D eigenvalue weighted by atomic mass is 10.2. The highest BCUT2D eigenvalue weighted by Crippen LogP contribution is 2.19. The van der Waals surface area contributed by atoms with Crippen molar-refractivity contribution in [3.63, 3.8) is 0 Å². The summed E-state index contributed by atoms with van der Waals surface area (Å²) >= 11 is 0. The van der Waals surface area contributed by atoms with Gasteiger partial charge in [-0.2, -0.15) is 0 Å². The third kappa shape index (κ3) is 3.80. The van der Waals surface area contributed by atoms with E-state index in [1.165, 1.54) is 0 Å². The number of amides is 1. The van der Waals surface area contributed by atoms with Crippen LogP contribution in [0.15, 0.2) is 0 Å². The van der Waals surface area contributed by atoms with Crippen LogP contribution < -0.4 is 0 Å². The normalized spacial score (nSPS) is 21.3. The molecule has 0 bridgehead atoms. The average Bonchev–Trinajstić information content (AvgIpc) is 2.61. The molecule has 88 valence electrons. The van der Waals surface area contributed by atoms with E-state index < -0.39 is 0 Å². The van der Waals surface area contributed by atoms with Gasteiger partial charge in [0.05, 0.1) is 0 Å². The van der Waals surface area contributed by atoms with Crippen molar-refractivity contribution in [3.05, 3.63) is 0 Å². The van der Waals surface area contributed by atoms with Crippen LogP contribution in [0.1, 0.15) is 25.7 Å². The van der Waals surface area contributed by atoms with Crippen molar-refractivity contribution in [3.8, 4) is 0 Å². The Kier molecular flexibility index (Phi) is 5.05. The standard InChI is InChI=1S/C11H22N2O2/c1-12(2)9-10-5-3-7-13(10)11(15)6-4-8-14/h10,14H,3-9H2,1-2H3. The minimum absolute atomic E-state index is 0.109. The molecule has 1 saturated heterocycles. The van der Waals surface area contributed by atoms with Crippen LogP contribution in [0.2, 0.25) is 0 Å². The molecule has 0 aromatic heterocycles. The summed E-state index contributed by atoms with van der Waals surface area (Å²) in [6, 6.07) is 0.381. The van der Waals surface area contributed by atoms with Gasteiger partial charge in [-0.3, -0.25) is 4.79 Å². The largest absolute Gasteiger partial charge is 0.396 e. The highest BCUT2D eigenvalue weighted by Gasteiger charge is 2.28. The van der Waals surface area contributed by atoms with Gasteiger partial charge in [0.1, 0.15) is 0 Å². The number of aliphatic hydroxyl groups is 1. The van der Waals surface area contributed by atoms with Crippen LogP contribution in [0, 0.1) is 0 Å². The zero-order valence-corrected chi connectivity index (χ0v) is 9.78. The Labute approximate surface area is 91.9 Å². The summed E-state index contributed by atoms with van der Waals surface area (Å²) in [7, 11) is 4.07. The molecule has 1 fully saturated rings. The monoisotopic (exact) mass is 214 g/mol. The molecule has 0 aromatic carbocycles. The van der Waals surface area contributed by atoms with Gasteiger partial charge in [-0.1, -0.05) is 0 Å². The molecule has 0 aliphatic carbocycles. The van der Waals surface area contributed by atoms with Gasteiger partial charge in [0.15, 0.2) is 0 Å². The van der Waals surface area contributed by atoms with Crippen LogP contribution in [-0.2, 0) is 4.79 Å². The number of hydrogen-bond acceptors (Lipinski definition) is 3. The highest BCUT2D eigenvalue weighted by atomic mass is 16.3. The van der Waals surface area contributed by atoms with Crippen LogP contribution >= 0.6 is 0 Å². The van der Waals surface area contributed by atoms with E-state index in [-0.39, 0.29) is 12.5 Å². The van der Waals surface area contributed by atoms with Crippen molar-refractivity contribution in [1.29, 1.82) is 0 Å². The fourth-order valence-corrected chi connectivity index (χ4v) is 2.15. The molecule has 0 saturated carbocycles. The molecule has 0 spiro atoms. The van der Waals surface area contributed by atoms with Crippen molar-refractivity contribution in [1.82, 2.24) is 9.80 Å². The molecule has 15 heavy (non-hydrogen) atoms. The maximum Gasteiger partial charge on any atom is 0.222 e. The van der Waals surface area contributed by atoms with E-state index in [0.29, 0.717) is 18.9 Å². The van der Waals surface area contributed by atoms with E-state index in [9.17, 15) is 4.79 Å². The first-order valence-corrected chi connectivity index (χ1v) is 5.70. The second-order valence-electron chi connectivity index (χ2n) is 4.47. The number of aliphatic hydroxyl groups excluding tert-OH is 1. The summed E-state index contributed by atoms with van der Waals surface area (Å²) in [5, 5.41) is 8.69. The van der Waals surface area contributed by atoms with E-state index in [1.54, 1.807) is 0 Å². The van der Waals surface area contributed by atoms with Gasteiger partial charge in [0.25, 0.3) is 0 Å². The molecule has 4 nitrogen and oxygen atoms in total. The summed E-state index contributed by atoms with van der Waals surface area (Å²) in [5.41, 5.74) is 0. The minimum atomic E-state index is 0.109. The first kappa shape index (κ1) is 12.5. The highest BCUT2D eigenvalue weighted by molar-refractivity contribution is 5.76. The fourth-order valence-electron chi connectivity index (χ4n) is 2.15. The van der Waals surface area contributed by atoms with Crippen molar-refractivity contribution in [2.24, 2.45) is 0 Å². The van der Waals surface area contributed by atoms with Gasteiger partial charge in [0.2, 0.25) is 5.91 Å². The Morgan fingerprint density at radius 1 is 1.53 bits per heavy atom. The molecule has 1 atom stereocenters. The Hall–Kier alpha value is -0.610.